The van der Waals surface area contributed by atoms with Crippen LogP contribution < -0.4 is 0 Å². The number of alkyl halides is 1. The van der Waals surface area contributed by atoms with Crippen LogP contribution in [-0.4, -0.2) is 34.1 Å². The molecule has 0 spiro atoms. The third-order valence-corrected chi connectivity index (χ3v) is 3.74. The zero-order valence-corrected chi connectivity index (χ0v) is 10.8. The predicted octanol–water partition coefficient (Wildman–Crippen LogP) is 2.26. The molecule has 4 heteroatoms. The van der Waals surface area contributed by atoms with Crippen molar-refractivity contribution in [1.29, 1.82) is 0 Å². The first-order valence-electron chi connectivity index (χ1n) is 5.56. The number of rotatable bonds is 3. The maximum Gasteiger partial charge on any atom is 0.0950 e. The van der Waals surface area contributed by atoms with Crippen molar-refractivity contribution < 1.29 is 0 Å². The molecule has 1 aromatic heterocycles. The van der Waals surface area contributed by atoms with Crippen LogP contribution in [0.1, 0.15) is 25.0 Å². The average molecular weight is 272 g/mol. The first-order chi connectivity index (χ1) is 7.29. The number of hydrogen-bond acceptors (Lipinski definition) is 2. The highest BCUT2D eigenvalue weighted by atomic mass is 79.9. The highest BCUT2D eigenvalue weighted by Crippen LogP contribution is 2.16. The molecule has 0 bridgehead atoms. The van der Waals surface area contributed by atoms with Gasteiger partial charge in [0.15, 0.2) is 0 Å². The zero-order valence-electron chi connectivity index (χ0n) is 9.19. The summed E-state index contributed by atoms with van der Waals surface area (Å²) in [5, 5.41) is 0.848. The molecule has 1 atom stereocenters. The molecule has 0 radical (unpaired) electrons. The lowest BCUT2D eigenvalue weighted by Crippen LogP contribution is -2.38. The number of imidazole rings is 1. The van der Waals surface area contributed by atoms with Gasteiger partial charge in [0.05, 0.1) is 12.0 Å². The van der Waals surface area contributed by atoms with Crippen molar-refractivity contribution in [3.63, 3.8) is 0 Å². The van der Waals surface area contributed by atoms with Crippen molar-refractivity contribution in [3.8, 4) is 0 Å². The summed E-state index contributed by atoms with van der Waals surface area (Å²) in [4.78, 5) is 6.79. The molecular formula is C11H18BrN3. The minimum Gasteiger partial charge on any atom is -0.336 e. The van der Waals surface area contributed by atoms with Crippen LogP contribution >= 0.6 is 15.9 Å². The lowest BCUT2D eigenvalue weighted by Gasteiger charge is -2.32. The van der Waals surface area contributed by atoms with Crippen LogP contribution in [0.5, 0.6) is 0 Å². The number of nitrogens with zero attached hydrogens (tertiary/aromatic N) is 3. The van der Waals surface area contributed by atoms with E-state index in [0.29, 0.717) is 6.04 Å². The standard InChI is InChI=1S/C11H18BrN3/c1-14-5-3-2-4-11(14)8-15-7-10(6-12)13-9-15/h7,9,11H,2-6,8H2,1H3. The first kappa shape index (κ1) is 11.1. The number of likely N-dealkylation sites (tertiary alicyclic amines) is 1. The monoisotopic (exact) mass is 271 g/mol. The summed E-state index contributed by atoms with van der Waals surface area (Å²) >= 11 is 3.42. The summed E-state index contributed by atoms with van der Waals surface area (Å²) in [7, 11) is 2.23. The summed E-state index contributed by atoms with van der Waals surface area (Å²) in [6.07, 6.45) is 8.12. The van der Waals surface area contributed by atoms with Gasteiger partial charge in [0, 0.05) is 24.1 Å². The van der Waals surface area contributed by atoms with Crippen molar-refractivity contribution in [1.82, 2.24) is 14.5 Å². The van der Waals surface area contributed by atoms with E-state index in [-0.39, 0.29) is 0 Å². The number of piperidine rings is 1. The molecule has 0 saturated carbocycles. The maximum absolute atomic E-state index is 4.32. The van der Waals surface area contributed by atoms with Gasteiger partial charge in [-0.1, -0.05) is 22.4 Å². The highest BCUT2D eigenvalue weighted by Gasteiger charge is 2.18. The molecule has 1 aliphatic heterocycles. The molecule has 1 unspecified atom stereocenters. The fourth-order valence-corrected chi connectivity index (χ4v) is 2.48. The van der Waals surface area contributed by atoms with E-state index < -0.39 is 0 Å². The van der Waals surface area contributed by atoms with Gasteiger partial charge in [-0.3, -0.25) is 0 Å². The Kier molecular flexibility index (Phi) is 3.81. The molecule has 84 valence electrons. The van der Waals surface area contributed by atoms with E-state index in [1.165, 1.54) is 25.8 Å². The van der Waals surface area contributed by atoms with Crippen molar-refractivity contribution in [2.75, 3.05) is 13.6 Å². The quantitative estimate of drug-likeness (QED) is 0.787. The lowest BCUT2D eigenvalue weighted by atomic mass is 10.0. The van der Waals surface area contributed by atoms with Gasteiger partial charge in [-0.25, -0.2) is 4.98 Å². The fraction of sp³-hybridized carbons (Fsp3) is 0.727. The zero-order chi connectivity index (χ0) is 10.7. The number of aromatic nitrogens is 2. The van der Waals surface area contributed by atoms with Crippen molar-refractivity contribution in [2.45, 2.75) is 37.2 Å². The molecular weight excluding hydrogens is 254 g/mol. The summed E-state index contributed by atoms with van der Waals surface area (Å²) in [6, 6.07) is 0.691. The molecule has 0 N–H and O–H groups in total. The van der Waals surface area contributed by atoms with E-state index in [1.54, 1.807) is 0 Å². The van der Waals surface area contributed by atoms with Gasteiger partial charge in [-0.05, 0) is 26.4 Å². The Morgan fingerprint density at radius 1 is 1.53 bits per heavy atom. The van der Waals surface area contributed by atoms with E-state index in [9.17, 15) is 0 Å². The van der Waals surface area contributed by atoms with Gasteiger partial charge >= 0.3 is 0 Å². The number of halogens is 1. The Labute approximate surface area is 99.6 Å². The first-order valence-corrected chi connectivity index (χ1v) is 6.68. The minimum atomic E-state index is 0.691. The Bertz CT molecular complexity index is 311. The Balaban J connectivity index is 1.95. The van der Waals surface area contributed by atoms with Gasteiger partial charge in [0.2, 0.25) is 0 Å². The SMILES string of the molecule is CN1CCCCC1Cn1cnc(CBr)c1. The van der Waals surface area contributed by atoms with E-state index >= 15 is 0 Å². The smallest absolute Gasteiger partial charge is 0.0950 e. The minimum absolute atomic E-state index is 0.691. The second-order valence-corrected chi connectivity index (χ2v) is 4.89. The summed E-state index contributed by atoms with van der Waals surface area (Å²) in [6.45, 7) is 2.32. The van der Waals surface area contributed by atoms with E-state index in [2.05, 4.69) is 43.6 Å². The molecule has 1 saturated heterocycles. The van der Waals surface area contributed by atoms with E-state index in [4.69, 9.17) is 0 Å². The van der Waals surface area contributed by atoms with Crippen LogP contribution in [0.3, 0.4) is 0 Å². The second kappa shape index (κ2) is 5.12. The Hall–Kier alpha value is -0.350. The largest absolute Gasteiger partial charge is 0.336 e. The third-order valence-electron chi connectivity index (χ3n) is 3.17. The molecule has 0 aliphatic carbocycles. The maximum atomic E-state index is 4.32. The second-order valence-electron chi connectivity index (χ2n) is 4.33. The predicted molar refractivity (Wildman–Crippen MR) is 65.1 cm³/mol. The lowest BCUT2D eigenvalue weighted by molar-refractivity contribution is 0.167. The fourth-order valence-electron chi connectivity index (χ4n) is 2.19. The number of hydrogen-bond donors (Lipinski definition) is 0. The van der Waals surface area contributed by atoms with Crippen LogP contribution in [0.15, 0.2) is 12.5 Å². The van der Waals surface area contributed by atoms with Crippen molar-refractivity contribution in [3.05, 3.63) is 18.2 Å². The molecule has 15 heavy (non-hydrogen) atoms. The third kappa shape index (κ3) is 2.82. The van der Waals surface area contributed by atoms with Crippen molar-refractivity contribution >= 4 is 15.9 Å². The van der Waals surface area contributed by atoms with Crippen molar-refractivity contribution in [2.24, 2.45) is 0 Å². The molecule has 2 rings (SSSR count). The van der Waals surface area contributed by atoms with Gasteiger partial charge in [0.25, 0.3) is 0 Å². The molecule has 0 aromatic carbocycles. The Morgan fingerprint density at radius 3 is 3.07 bits per heavy atom. The van der Waals surface area contributed by atoms with Crippen LogP contribution in [0, 0.1) is 0 Å². The molecule has 3 nitrogen and oxygen atoms in total. The summed E-state index contributed by atoms with van der Waals surface area (Å²) in [5.74, 6) is 0. The summed E-state index contributed by atoms with van der Waals surface area (Å²) in [5.41, 5.74) is 1.12. The molecule has 1 fully saturated rings. The topological polar surface area (TPSA) is 21.1 Å². The van der Waals surface area contributed by atoms with Crippen LogP contribution in [0.4, 0.5) is 0 Å². The van der Waals surface area contributed by atoms with Crippen LogP contribution in [-0.2, 0) is 11.9 Å². The van der Waals surface area contributed by atoms with Crippen LogP contribution in [0.25, 0.3) is 0 Å². The average Bonchev–Trinajstić information content (AvgIpc) is 2.69. The van der Waals surface area contributed by atoms with Gasteiger partial charge in [0.1, 0.15) is 0 Å². The highest BCUT2D eigenvalue weighted by molar-refractivity contribution is 9.08. The molecule has 1 aromatic rings. The van der Waals surface area contributed by atoms with E-state index in [0.717, 1.165) is 17.6 Å². The molecule has 1 aliphatic rings. The number of likely N-dealkylation sites (N-methyl/N-ethyl adjacent to an activating group) is 1. The molecule has 0 amide bonds. The van der Waals surface area contributed by atoms with Gasteiger partial charge in [-0.15, -0.1) is 0 Å². The summed E-state index contributed by atoms with van der Waals surface area (Å²) < 4.78 is 2.21. The van der Waals surface area contributed by atoms with Gasteiger partial charge in [-0.2, -0.15) is 0 Å². The molecule has 2 heterocycles. The van der Waals surface area contributed by atoms with Gasteiger partial charge < -0.3 is 9.47 Å². The Morgan fingerprint density at radius 2 is 2.40 bits per heavy atom. The van der Waals surface area contributed by atoms with E-state index in [1.807, 2.05) is 6.33 Å². The van der Waals surface area contributed by atoms with Crippen LogP contribution in [0.2, 0.25) is 0 Å². The normalized spacial score (nSPS) is 23.2.